The number of nitrogens with one attached hydrogen (secondary N) is 1. The number of pyridine rings is 1. The van der Waals surface area contributed by atoms with Crippen LogP contribution in [0.2, 0.25) is 0 Å². The van der Waals surface area contributed by atoms with E-state index >= 15 is 0 Å². The standard InChI is InChI=1S/C26H27FN4O2S.ClH/c1-18(19-7-5-4-6-8-19)29-23-17-21(13-14-28-23)25-24(20-9-11-22(27)12-10-20)30-26(34(3)32)31(25)15-16-33-2;/h4-14,17-18H,15-16H2,1-3H3,(H,28,29);1H. The molecule has 0 radical (unpaired) electrons. The lowest BCUT2D eigenvalue weighted by atomic mass is 10.0. The highest BCUT2D eigenvalue weighted by Crippen LogP contribution is 2.35. The summed E-state index contributed by atoms with van der Waals surface area (Å²) in [5.74, 6) is 0.381. The van der Waals surface area contributed by atoms with Crippen LogP contribution in [0.4, 0.5) is 10.2 Å². The van der Waals surface area contributed by atoms with Crippen molar-refractivity contribution in [1.82, 2.24) is 14.5 Å². The lowest BCUT2D eigenvalue weighted by Gasteiger charge is -2.16. The number of hydrogen-bond acceptors (Lipinski definition) is 5. The van der Waals surface area contributed by atoms with Crippen LogP contribution < -0.4 is 5.32 Å². The maximum Gasteiger partial charge on any atom is 0.199 e. The summed E-state index contributed by atoms with van der Waals surface area (Å²) < 4.78 is 33.4. The quantitative estimate of drug-likeness (QED) is 0.309. The number of imidazole rings is 1. The van der Waals surface area contributed by atoms with Crippen molar-refractivity contribution in [2.75, 3.05) is 25.3 Å². The number of hydrogen-bond donors (Lipinski definition) is 1. The van der Waals surface area contributed by atoms with Crippen molar-refractivity contribution in [1.29, 1.82) is 0 Å². The van der Waals surface area contributed by atoms with Crippen LogP contribution in [-0.2, 0) is 22.1 Å². The fraction of sp³-hybridized carbons (Fsp3) is 0.231. The molecule has 184 valence electrons. The maximum atomic E-state index is 13.6. The molecule has 0 saturated heterocycles. The van der Waals surface area contributed by atoms with Crippen molar-refractivity contribution in [2.24, 2.45) is 0 Å². The molecule has 0 aliphatic rings. The number of ether oxygens (including phenoxy) is 1. The second-order valence-corrected chi connectivity index (χ2v) is 9.18. The lowest BCUT2D eigenvalue weighted by molar-refractivity contribution is 0.185. The van der Waals surface area contributed by atoms with E-state index in [1.165, 1.54) is 12.1 Å². The second kappa shape index (κ2) is 12.1. The molecule has 0 aliphatic heterocycles. The Morgan fingerprint density at radius 2 is 1.80 bits per heavy atom. The van der Waals surface area contributed by atoms with E-state index in [0.717, 1.165) is 22.4 Å². The van der Waals surface area contributed by atoms with Crippen LogP contribution in [0.15, 0.2) is 78.1 Å². The molecule has 0 aliphatic carbocycles. The molecule has 0 saturated carbocycles. The maximum absolute atomic E-state index is 13.6. The molecule has 6 nitrogen and oxygen atoms in total. The zero-order valence-electron chi connectivity index (χ0n) is 19.8. The third-order valence-corrected chi connectivity index (χ3v) is 6.35. The van der Waals surface area contributed by atoms with Crippen LogP contribution in [0, 0.1) is 5.82 Å². The van der Waals surface area contributed by atoms with Gasteiger partial charge in [0.1, 0.15) is 11.6 Å². The summed E-state index contributed by atoms with van der Waals surface area (Å²) in [6.45, 7) is 2.98. The second-order valence-electron chi connectivity index (χ2n) is 7.90. The largest absolute Gasteiger partial charge is 0.383 e. The number of methoxy groups -OCH3 is 1. The fourth-order valence-corrected chi connectivity index (χ4v) is 4.56. The molecule has 2 atom stereocenters. The van der Waals surface area contributed by atoms with Crippen LogP contribution in [-0.4, -0.2) is 38.7 Å². The van der Waals surface area contributed by atoms with Crippen LogP contribution >= 0.6 is 12.4 Å². The molecule has 0 spiro atoms. The van der Waals surface area contributed by atoms with Gasteiger partial charge in [0.25, 0.3) is 0 Å². The predicted molar refractivity (Wildman–Crippen MR) is 141 cm³/mol. The SMILES string of the molecule is COCCn1c(S(C)=O)nc(-c2ccc(F)cc2)c1-c1ccnc(NC(C)c2ccccc2)c1.Cl. The van der Waals surface area contributed by atoms with E-state index in [9.17, 15) is 8.60 Å². The summed E-state index contributed by atoms with van der Waals surface area (Å²) in [5.41, 5.74) is 4.16. The molecule has 9 heteroatoms. The first-order valence-electron chi connectivity index (χ1n) is 10.9. The van der Waals surface area contributed by atoms with E-state index < -0.39 is 10.8 Å². The van der Waals surface area contributed by atoms with Gasteiger partial charge in [-0.15, -0.1) is 12.4 Å². The molecule has 0 fully saturated rings. The topological polar surface area (TPSA) is 69.0 Å². The highest BCUT2D eigenvalue weighted by atomic mass is 35.5. The van der Waals surface area contributed by atoms with Gasteiger partial charge in [0.05, 0.1) is 28.8 Å². The molecule has 35 heavy (non-hydrogen) atoms. The van der Waals surface area contributed by atoms with Crippen molar-refractivity contribution in [2.45, 2.75) is 24.7 Å². The molecule has 4 aromatic rings. The average Bonchev–Trinajstić information content (AvgIpc) is 3.23. The lowest BCUT2D eigenvalue weighted by Crippen LogP contribution is -2.11. The normalized spacial score (nSPS) is 12.6. The Hall–Kier alpha value is -3.07. The van der Waals surface area contributed by atoms with E-state index in [1.807, 2.05) is 34.9 Å². The minimum atomic E-state index is -1.33. The Balaban J connectivity index is 0.00000342. The van der Waals surface area contributed by atoms with Gasteiger partial charge in [-0.25, -0.2) is 14.4 Å². The van der Waals surface area contributed by atoms with Crippen molar-refractivity contribution >= 4 is 29.0 Å². The van der Waals surface area contributed by atoms with Gasteiger partial charge in [-0.2, -0.15) is 0 Å². The molecule has 0 amide bonds. The first kappa shape index (κ1) is 26.5. The Morgan fingerprint density at radius 1 is 1.09 bits per heavy atom. The van der Waals surface area contributed by atoms with E-state index in [0.29, 0.717) is 29.8 Å². The molecule has 4 rings (SSSR count). The molecule has 0 bridgehead atoms. The Morgan fingerprint density at radius 3 is 2.46 bits per heavy atom. The minimum absolute atomic E-state index is 0. The Bertz CT molecular complexity index is 1280. The van der Waals surface area contributed by atoms with Gasteiger partial charge in [-0.3, -0.25) is 4.21 Å². The minimum Gasteiger partial charge on any atom is -0.383 e. The first-order chi connectivity index (χ1) is 16.5. The number of halogens is 2. The fourth-order valence-electron chi connectivity index (χ4n) is 3.85. The summed E-state index contributed by atoms with van der Waals surface area (Å²) >= 11 is 0. The molecular weight excluding hydrogens is 487 g/mol. The summed E-state index contributed by atoms with van der Waals surface area (Å²) in [4.78, 5) is 9.22. The summed E-state index contributed by atoms with van der Waals surface area (Å²) in [7, 11) is 0.291. The van der Waals surface area contributed by atoms with E-state index in [-0.39, 0.29) is 24.3 Å². The number of aromatic nitrogens is 3. The van der Waals surface area contributed by atoms with Crippen molar-refractivity contribution in [3.05, 3.63) is 84.3 Å². The van der Waals surface area contributed by atoms with Crippen molar-refractivity contribution in [3.8, 4) is 22.5 Å². The van der Waals surface area contributed by atoms with Crippen LogP contribution in [0.5, 0.6) is 0 Å². The molecule has 2 heterocycles. The zero-order chi connectivity index (χ0) is 24.1. The molecule has 2 unspecified atom stereocenters. The molecule has 1 N–H and O–H groups in total. The third kappa shape index (κ3) is 6.14. The predicted octanol–water partition coefficient (Wildman–Crippen LogP) is 5.73. The van der Waals surface area contributed by atoms with Crippen LogP contribution in [0.1, 0.15) is 18.5 Å². The van der Waals surface area contributed by atoms with Crippen molar-refractivity contribution in [3.63, 3.8) is 0 Å². The molecule has 2 aromatic heterocycles. The third-order valence-electron chi connectivity index (χ3n) is 5.52. The summed E-state index contributed by atoms with van der Waals surface area (Å²) in [6, 6.07) is 20.2. The summed E-state index contributed by atoms with van der Waals surface area (Å²) in [6.07, 6.45) is 3.34. The number of rotatable bonds is 9. The van der Waals surface area contributed by atoms with Gasteiger partial charge >= 0.3 is 0 Å². The average molecular weight is 515 g/mol. The van der Waals surface area contributed by atoms with Gasteiger partial charge in [0.15, 0.2) is 5.16 Å². The monoisotopic (exact) mass is 514 g/mol. The van der Waals surface area contributed by atoms with Gasteiger partial charge < -0.3 is 14.6 Å². The Kier molecular flexibility index (Phi) is 9.14. The highest BCUT2D eigenvalue weighted by molar-refractivity contribution is 7.84. The van der Waals surface area contributed by atoms with Gasteiger partial charge in [0.2, 0.25) is 0 Å². The molecular formula is C26H28ClFN4O2S. The molecule has 2 aromatic carbocycles. The smallest absolute Gasteiger partial charge is 0.199 e. The summed E-state index contributed by atoms with van der Waals surface area (Å²) in [5, 5.41) is 3.89. The number of benzene rings is 2. The zero-order valence-corrected chi connectivity index (χ0v) is 21.4. The Labute approximate surface area is 213 Å². The highest BCUT2D eigenvalue weighted by Gasteiger charge is 2.22. The van der Waals surface area contributed by atoms with E-state index in [2.05, 4.69) is 29.4 Å². The first-order valence-corrected chi connectivity index (χ1v) is 12.5. The van der Waals surface area contributed by atoms with Crippen LogP contribution in [0.25, 0.3) is 22.5 Å². The van der Waals surface area contributed by atoms with Gasteiger partial charge in [-0.05, 0) is 48.9 Å². The van der Waals surface area contributed by atoms with Crippen LogP contribution in [0.3, 0.4) is 0 Å². The van der Waals surface area contributed by atoms with Gasteiger partial charge in [-0.1, -0.05) is 30.3 Å². The number of anilines is 1. The van der Waals surface area contributed by atoms with Gasteiger partial charge in [0, 0.05) is 43.3 Å². The number of nitrogens with zero attached hydrogens (tertiary/aromatic N) is 3. The van der Waals surface area contributed by atoms with E-state index in [1.54, 1.807) is 31.7 Å². The van der Waals surface area contributed by atoms with E-state index in [4.69, 9.17) is 9.72 Å². The van der Waals surface area contributed by atoms with Crippen molar-refractivity contribution < 1.29 is 13.3 Å².